The molecule has 2 rings (SSSR count). The Bertz CT molecular complexity index is 575. The molecule has 1 aromatic carbocycles. The van der Waals surface area contributed by atoms with E-state index in [1.54, 1.807) is 11.9 Å². The topological polar surface area (TPSA) is 71.1 Å². The van der Waals surface area contributed by atoms with Gasteiger partial charge in [0.05, 0.1) is 19.6 Å². The Morgan fingerprint density at radius 2 is 2.00 bits per heavy atom. The summed E-state index contributed by atoms with van der Waals surface area (Å²) < 4.78 is 5.64. The highest BCUT2D eigenvalue weighted by Crippen LogP contribution is 2.16. The second-order valence-corrected chi connectivity index (χ2v) is 5.10. The molecule has 2 aromatic rings. The fourth-order valence-electron chi connectivity index (χ4n) is 2.08. The zero-order valence-electron chi connectivity index (χ0n) is 12.6. The first-order valence-corrected chi connectivity index (χ1v) is 6.84. The monoisotopic (exact) mass is 288 g/mol. The smallest absolute Gasteiger partial charge is 0.226 e. The van der Waals surface area contributed by atoms with Gasteiger partial charge in [-0.25, -0.2) is 4.98 Å². The summed E-state index contributed by atoms with van der Waals surface area (Å²) in [6.45, 7) is 4.83. The summed E-state index contributed by atoms with van der Waals surface area (Å²) in [6.07, 6.45) is 1.76. The third-order valence-electron chi connectivity index (χ3n) is 3.06. The summed E-state index contributed by atoms with van der Waals surface area (Å²) in [5.41, 5.74) is 2.30. The molecule has 21 heavy (non-hydrogen) atoms. The number of hydrogen-bond donors (Lipinski definition) is 1. The molecule has 0 saturated carbocycles. The van der Waals surface area contributed by atoms with Gasteiger partial charge >= 0.3 is 0 Å². The number of nitrogens with one attached hydrogen (secondary N) is 1. The van der Waals surface area contributed by atoms with Crippen molar-refractivity contribution in [1.82, 2.24) is 20.1 Å². The molecule has 1 N–H and O–H groups in total. The van der Waals surface area contributed by atoms with Crippen molar-refractivity contribution in [1.29, 1.82) is 0 Å². The van der Waals surface area contributed by atoms with E-state index in [9.17, 15) is 4.79 Å². The normalized spacial score (nSPS) is 10.4. The van der Waals surface area contributed by atoms with E-state index in [0.717, 1.165) is 16.9 Å². The third kappa shape index (κ3) is 4.59. The van der Waals surface area contributed by atoms with Gasteiger partial charge in [-0.3, -0.25) is 9.89 Å². The Kier molecular flexibility index (Phi) is 4.92. The minimum Gasteiger partial charge on any atom is -0.493 e. The highest BCUT2D eigenvalue weighted by Gasteiger charge is 2.10. The van der Waals surface area contributed by atoms with Crippen LogP contribution in [0.25, 0.3) is 0 Å². The number of aromatic amines is 1. The summed E-state index contributed by atoms with van der Waals surface area (Å²) in [6, 6.07) is 6.02. The zero-order chi connectivity index (χ0) is 15.2. The minimum absolute atomic E-state index is 0.00998. The van der Waals surface area contributed by atoms with Crippen LogP contribution in [-0.2, 0) is 11.3 Å². The van der Waals surface area contributed by atoms with Crippen molar-refractivity contribution in [3.63, 3.8) is 0 Å². The Labute approximate surface area is 124 Å². The number of aryl methyl sites for hydroxylation is 2. The molecule has 0 radical (unpaired) electrons. The van der Waals surface area contributed by atoms with E-state index in [4.69, 9.17) is 4.74 Å². The third-order valence-corrected chi connectivity index (χ3v) is 3.06. The van der Waals surface area contributed by atoms with Crippen molar-refractivity contribution in [3.05, 3.63) is 41.5 Å². The number of nitrogens with zero attached hydrogens (tertiary/aromatic N) is 3. The number of carbonyl (C=O) groups is 1. The van der Waals surface area contributed by atoms with Gasteiger partial charge in [0.15, 0.2) is 0 Å². The van der Waals surface area contributed by atoms with E-state index in [-0.39, 0.29) is 5.91 Å². The molecule has 112 valence electrons. The van der Waals surface area contributed by atoms with Crippen LogP contribution in [0.15, 0.2) is 24.5 Å². The molecular formula is C15H20N4O2. The molecule has 6 heteroatoms. The first-order valence-electron chi connectivity index (χ1n) is 6.84. The van der Waals surface area contributed by atoms with E-state index < -0.39 is 0 Å². The number of aromatic nitrogens is 3. The van der Waals surface area contributed by atoms with Crippen LogP contribution in [0.2, 0.25) is 0 Å². The number of carbonyl (C=O) groups excluding carboxylic acids is 1. The van der Waals surface area contributed by atoms with Crippen LogP contribution < -0.4 is 4.74 Å². The molecule has 0 atom stereocenters. The first kappa shape index (κ1) is 15.0. The highest BCUT2D eigenvalue weighted by molar-refractivity contribution is 5.75. The Morgan fingerprint density at radius 1 is 1.29 bits per heavy atom. The van der Waals surface area contributed by atoms with Crippen LogP contribution in [0, 0.1) is 13.8 Å². The Morgan fingerprint density at radius 3 is 2.62 bits per heavy atom. The molecule has 0 fully saturated rings. The predicted octanol–water partition coefficient (Wildman–Crippen LogP) is 1.85. The van der Waals surface area contributed by atoms with Crippen LogP contribution in [0.1, 0.15) is 23.4 Å². The van der Waals surface area contributed by atoms with Crippen molar-refractivity contribution in [2.24, 2.45) is 0 Å². The summed E-state index contributed by atoms with van der Waals surface area (Å²) in [4.78, 5) is 17.6. The maximum atomic E-state index is 12.0. The molecular weight excluding hydrogens is 268 g/mol. The highest BCUT2D eigenvalue weighted by atomic mass is 16.5. The summed E-state index contributed by atoms with van der Waals surface area (Å²) in [5, 5.41) is 6.49. The van der Waals surface area contributed by atoms with Gasteiger partial charge in [0.1, 0.15) is 17.9 Å². The second kappa shape index (κ2) is 6.88. The first-order chi connectivity index (χ1) is 10.0. The van der Waals surface area contributed by atoms with E-state index in [1.807, 2.05) is 26.0 Å². The maximum absolute atomic E-state index is 12.0. The molecule has 0 saturated heterocycles. The van der Waals surface area contributed by atoms with E-state index in [1.165, 1.54) is 6.33 Å². The number of rotatable bonds is 6. The van der Waals surface area contributed by atoms with Crippen LogP contribution in [0.5, 0.6) is 5.75 Å². The SMILES string of the molecule is Cc1cc(C)cc(OCCC(=O)N(C)Cc2ncn[nH]2)c1. The molecule has 0 aliphatic rings. The lowest BCUT2D eigenvalue weighted by molar-refractivity contribution is -0.131. The fourth-order valence-corrected chi connectivity index (χ4v) is 2.08. The van der Waals surface area contributed by atoms with Gasteiger partial charge in [-0.05, 0) is 37.1 Å². The van der Waals surface area contributed by atoms with Gasteiger partial charge in [-0.15, -0.1) is 0 Å². The lowest BCUT2D eigenvalue weighted by Crippen LogP contribution is -2.28. The number of amides is 1. The fraction of sp³-hybridized carbons (Fsp3) is 0.400. The Hall–Kier alpha value is -2.37. The van der Waals surface area contributed by atoms with Crippen molar-refractivity contribution in [2.75, 3.05) is 13.7 Å². The van der Waals surface area contributed by atoms with E-state index >= 15 is 0 Å². The summed E-state index contributed by atoms with van der Waals surface area (Å²) >= 11 is 0. The summed E-state index contributed by atoms with van der Waals surface area (Å²) in [5.74, 6) is 1.48. The number of hydrogen-bond acceptors (Lipinski definition) is 4. The average molecular weight is 288 g/mol. The average Bonchev–Trinajstić information content (AvgIpc) is 2.90. The molecule has 1 heterocycles. The molecule has 1 aromatic heterocycles. The van der Waals surface area contributed by atoms with Gasteiger partial charge in [-0.1, -0.05) is 6.07 Å². The van der Waals surface area contributed by atoms with Crippen molar-refractivity contribution in [3.8, 4) is 5.75 Å². The molecule has 0 spiro atoms. The maximum Gasteiger partial charge on any atom is 0.226 e. The molecule has 1 amide bonds. The van der Waals surface area contributed by atoms with Gasteiger partial charge in [0, 0.05) is 7.05 Å². The predicted molar refractivity (Wildman–Crippen MR) is 78.9 cm³/mol. The second-order valence-electron chi connectivity index (χ2n) is 5.10. The van der Waals surface area contributed by atoms with Gasteiger partial charge in [0.25, 0.3) is 0 Å². The van der Waals surface area contributed by atoms with Gasteiger partial charge in [0.2, 0.25) is 5.91 Å². The van der Waals surface area contributed by atoms with Crippen LogP contribution in [0.3, 0.4) is 0 Å². The van der Waals surface area contributed by atoms with Crippen LogP contribution in [0.4, 0.5) is 0 Å². The van der Waals surface area contributed by atoms with Crippen LogP contribution in [-0.4, -0.2) is 39.6 Å². The largest absolute Gasteiger partial charge is 0.493 e. The zero-order valence-corrected chi connectivity index (χ0v) is 12.6. The Balaban J connectivity index is 1.78. The molecule has 6 nitrogen and oxygen atoms in total. The van der Waals surface area contributed by atoms with Crippen LogP contribution >= 0.6 is 0 Å². The number of ether oxygens (including phenoxy) is 1. The number of H-pyrrole nitrogens is 1. The molecule has 0 unspecified atom stereocenters. The van der Waals surface area contributed by atoms with Crippen molar-refractivity contribution < 1.29 is 9.53 Å². The van der Waals surface area contributed by atoms with E-state index in [0.29, 0.717) is 25.4 Å². The molecule has 0 bridgehead atoms. The molecule has 0 aliphatic carbocycles. The standard InChI is InChI=1S/C15H20N4O2/c1-11-6-12(2)8-13(7-11)21-5-4-15(20)19(3)9-14-16-10-17-18-14/h6-8,10H,4-5,9H2,1-3H3,(H,16,17,18). The quantitative estimate of drug-likeness (QED) is 0.880. The molecule has 0 aliphatic heterocycles. The van der Waals surface area contributed by atoms with Gasteiger partial charge < -0.3 is 9.64 Å². The lowest BCUT2D eigenvalue weighted by atomic mass is 10.1. The van der Waals surface area contributed by atoms with E-state index in [2.05, 4.69) is 21.2 Å². The van der Waals surface area contributed by atoms with Crippen molar-refractivity contribution >= 4 is 5.91 Å². The summed E-state index contributed by atoms with van der Waals surface area (Å²) in [7, 11) is 1.74. The van der Waals surface area contributed by atoms with Crippen molar-refractivity contribution in [2.45, 2.75) is 26.8 Å². The minimum atomic E-state index is 0.00998. The lowest BCUT2D eigenvalue weighted by Gasteiger charge is -2.16. The number of benzene rings is 1. The van der Waals surface area contributed by atoms with Gasteiger partial charge in [-0.2, -0.15) is 5.10 Å².